The summed E-state index contributed by atoms with van der Waals surface area (Å²) in [5.74, 6) is -4.19. The molecule has 0 fully saturated rings. The van der Waals surface area contributed by atoms with Gasteiger partial charge in [0.25, 0.3) is 0 Å². The van der Waals surface area contributed by atoms with Crippen molar-refractivity contribution < 1.29 is 75.9 Å². The Morgan fingerprint density at radius 1 is 1.02 bits per heavy atom. The number of nitrogens with zero attached hydrogens (tertiary/aromatic N) is 1. The second-order valence-electron chi connectivity index (χ2n) is 12.4. The van der Waals surface area contributed by atoms with Crippen molar-refractivity contribution in [3.05, 3.63) is 46.8 Å². The Morgan fingerprint density at radius 2 is 1.62 bits per heavy atom. The van der Waals surface area contributed by atoms with E-state index in [1.165, 1.54) is 32.7 Å². The molecule has 264 valence electrons. The number of carbonyl (C=O) groups excluding carboxylic acids is 4. The minimum Gasteiger partial charge on any atom is -0.748 e. The van der Waals surface area contributed by atoms with E-state index in [2.05, 4.69) is 10.2 Å². The Balaban J connectivity index is 0.0000221. The van der Waals surface area contributed by atoms with Gasteiger partial charge in [-0.25, -0.2) is 15.0 Å². The summed E-state index contributed by atoms with van der Waals surface area (Å²) in [6, 6.07) is 6.74. The van der Waals surface area contributed by atoms with Crippen LogP contribution in [0.2, 0.25) is 0 Å². The number of hydrogen-bond donors (Lipinski definition) is 1. The summed E-state index contributed by atoms with van der Waals surface area (Å²) in [6.45, 7) is 16.4. The van der Waals surface area contributed by atoms with Crippen molar-refractivity contribution in [3.8, 4) is 0 Å². The van der Waals surface area contributed by atoms with Gasteiger partial charge in [0.05, 0.1) is 46.2 Å². The van der Waals surface area contributed by atoms with Crippen LogP contribution in [0.5, 0.6) is 0 Å². The molecule has 1 rings (SSSR count). The van der Waals surface area contributed by atoms with Gasteiger partial charge >= 0.3 is 41.5 Å². The number of amides is 1. The third-order valence-electron chi connectivity index (χ3n) is 7.58. The molecule has 12 nitrogen and oxygen atoms in total. The van der Waals surface area contributed by atoms with E-state index in [0.717, 1.165) is 12.0 Å². The van der Waals surface area contributed by atoms with Crippen LogP contribution in [-0.2, 0) is 44.5 Å². The summed E-state index contributed by atoms with van der Waals surface area (Å²) in [7, 11) is -3.21. The molecule has 15 heteroatoms. The normalized spacial score (nSPS) is 14.6. The fourth-order valence-corrected chi connectivity index (χ4v) is 6.88. The fraction of sp³-hybridized carbons (Fsp3) is 0.667. The Kier molecular flexibility index (Phi) is 21.7. The molecule has 0 radical (unpaired) electrons. The number of aldehydes is 1. The van der Waals surface area contributed by atoms with E-state index in [1.807, 2.05) is 13.8 Å². The molecular weight excluding hydrogens is 671 g/mol. The second kappa shape index (κ2) is 22.7. The van der Waals surface area contributed by atoms with Crippen molar-refractivity contribution in [2.24, 2.45) is 11.8 Å². The smallest absolute Gasteiger partial charge is 0.748 e. The van der Waals surface area contributed by atoms with E-state index < -0.39 is 61.9 Å². The third-order valence-corrected chi connectivity index (χ3v) is 9.97. The molecule has 0 aliphatic carbocycles. The Morgan fingerprint density at radius 3 is 2.15 bits per heavy atom. The molecule has 0 heterocycles. The number of rotatable bonds is 23. The van der Waals surface area contributed by atoms with Crippen molar-refractivity contribution in [2.45, 2.75) is 95.2 Å². The van der Waals surface area contributed by atoms with Crippen molar-refractivity contribution in [3.63, 3.8) is 0 Å². The van der Waals surface area contributed by atoms with Crippen LogP contribution in [0.3, 0.4) is 0 Å². The maximum Gasteiger partial charge on any atom is 1.00 e. The largest absolute Gasteiger partial charge is 1.00 e. The minimum atomic E-state index is -4.68. The summed E-state index contributed by atoms with van der Waals surface area (Å²) in [5.41, 5.74) is -1.05. The van der Waals surface area contributed by atoms with Gasteiger partial charge in [-0.3, -0.25) is 19.2 Å². The first-order chi connectivity index (χ1) is 22.0. The van der Waals surface area contributed by atoms with Crippen LogP contribution >= 0.6 is 11.8 Å². The van der Waals surface area contributed by atoms with E-state index in [9.17, 15) is 32.1 Å². The number of methoxy groups -OCH3 is 1. The predicted molar refractivity (Wildman–Crippen MR) is 179 cm³/mol. The van der Waals surface area contributed by atoms with Crippen molar-refractivity contribution in [1.82, 2.24) is 5.32 Å². The van der Waals surface area contributed by atoms with Crippen LogP contribution < -0.4 is 34.9 Å². The number of hydrogen-bond acceptors (Lipinski definition) is 11. The number of esters is 2. The maximum atomic E-state index is 13.7. The molecule has 1 aromatic rings. The molecule has 0 aliphatic rings. The summed E-state index contributed by atoms with van der Waals surface area (Å²) in [6.07, 6.45) is 2.51. The molecule has 0 spiro atoms. The zero-order valence-electron chi connectivity index (χ0n) is 29.2. The quantitative estimate of drug-likeness (QED) is 0.0435. The van der Waals surface area contributed by atoms with E-state index in [0.29, 0.717) is 30.4 Å². The first-order valence-electron chi connectivity index (χ1n) is 15.6. The predicted octanol–water partition coefficient (Wildman–Crippen LogP) is 1.57. The Bertz CT molecular complexity index is 1320. The number of ether oxygens (including phenoxy) is 3. The molecule has 0 aromatic heterocycles. The average Bonchev–Trinajstić information content (AvgIpc) is 3.00. The van der Waals surface area contributed by atoms with Gasteiger partial charge in [0.1, 0.15) is 12.9 Å². The topological polar surface area (TPSA) is 170 Å². The molecule has 4 unspecified atom stereocenters. The maximum absolute atomic E-state index is 13.7. The number of thioether (sulfide) groups is 1. The van der Waals surface area contributed by atoms with Gasteiger partial charge in [-0.15, -0.1) is 11.8 Å². The summed E-state index contributed by atoms with van der Waals surface area (Å²) < 4.78 is 50.6. The first-order valence-corrected chi connectivity index (χ1v) is 18.3. The van der Waals surface area contributed by atoms with Gasteiger partial charge < -0.3 is 28.9 Å². The number of benzene rings is 1. The van der Waals surface area contributed by atoms with Crippen molar-refractivity contribution in [1.29, 1.82) is 0 Å². The Hall–Kier alpha value is -1.99. The molecule has 0 aliphatic heterocycles. The SMILES string of the molecule is [C-]#[N+]C(C)(CC)CC(CC(CC(SCc1ccc(C=O)cc1)C(=O)NC(C)(C)CS(=O)(=O)[O-])C(=O)OCCCC)C(=O)OCCOC.[Na+]. The van der Waals surface area contributed by atoms with Gasteiger partial charge in [-0.05, 0) is 38.7 Å². The molecule has 0 bridgehead atoms. The van der Waals surface area contributed by atoms with Crippen LogP contribution in [-0.4, -0.2) is 86.1 Å². The molecule has 4 atom stereocenters. The fourth-order valence-electron chi connectivity index (χ4n) is 4.76. The number of unbranched alkanes of at least 4 members (excludes halogenated alkanes) is 1. The van der Waals surface area contributed by atoms with E-state index in [4.69, 9.17) is 20.8 Å². The van der Waals surface area contributed by atoms with Crippen molar-refractivity contribution >= 4 is 46.0 Å². The van der Waals surface area contributed by atoms with Gasteiger partial charge in [-0.1, -0.05) is 44.5 Å². The van der Waals surface area contributed by atoms with Crippen LogP contribution in [0.1, 0.15) is 89.1 Å². The second-order valence-corrected chi connectivity index (χ2v) is 15.0. The van der Waals surface area contributed by atoms with Gasteiger partial charge in [0.15, 0.2) is 0 Å². The third kappa shape index (κ3) is 18.1. The summed E-state index contributed by atoms with van der Waals surface area (Å²) in [4.78, 5) is 55.5. The molecular formula is C33H49N2NaO10S2. The van der Waals surface area contributed by atoms with E-state index in [-0.39, 0.29) is 68.6 Å². The Labute approximate surface area is 312 Å². The van der Waals surface area contributed by atoms with E-state index >= 15 is 0 Å². The van der Waals surface area contributed by atoms with Crippen LogP contribution in [0.25, 0.3) is 4.85 Å². The standard InChI is InChI=1S/C33H50N2O10S2.Na/c1-8-10-15-44-30(38)26(18-27(20-33(5,9-2)34-6)31(39)45-17-16-43-7)19-28(29(37)35-32(3,4)23-47(40,41)42)46-22-25-13-11-24(21-36)12-14-25;/h11-14,21,26-28H,8-10,15-20,22-23H2,1-5,7H3,(H,35,37)(H,40,41,42);/q;+1/p-1. The van der Waals surface area contributed by atoms with Gasteiger partial charge in [-0.2, -0.15) is 0 Å². The molecule has 1 N–H and O–H groups in total. The molecule has 48 heavy (non-hydrogen) atoms. The summed E-state index contributed by atoms with van der Waals surface area (Å²) >= 11 is 1.19. The molecule has 1 amide bonds. The molecule has 0 saturated heterocycles. The number of carbonyl (C=O) groups is 4. The zero-order chi connectivity index (χ0) is 35.7. The summed E-state index contributed by atoms with van der Waals surface area (Å²) in [5, 5.41) is 1.71. The minimum absolute atomic E-state index is 0. The zero-order valence-corrected chi connectivity index (χ0v) is 32.9. The first kappa shape index (κ1) is 46.0. The monoisotopic (exact) mass is 720 g/mol. The van der Waals surface area contributed by atoms with Crippen LogP contribution in [0.15, 0.2) is 24.3 Å². The molecule has 0 saturated carbocycles. The van der Waals surface area contributed by atoms with E-state index in [1.54, 1.807) is 31.2 Å². The van der Waals surface area contributed by atoms with Crippen molar-refractivity contribution in [2.75, 3.05) is 32.7 Å². The van der Waals surface area contributed by atoms with Gasteiger partial charge in [0, 0.05) is 43.7 Å². The van der Waals surface area contributed by atoms with Gasteiger partial charge in [0.2, 0.25) is 11.4 Å². The number of nitrogens with one attached hydrogen (secondary N) is 1. The molecule has 1 aromatic carbocycles. The van der Waals surface area contributed by atoms with Crippen LogP contribution in [0, 0.1) is 18.4 Å². The average molecular weight is 721 g/mol. The van der Waals surface area contributed by atoms with Crippen LogP contribution in [0.4, 0.5) is 0 Å².